The van der Waals surface area contributed by atoms with E-state index in [2.05, 4.69) is 9.72 Å². The van der Waals surface area contributed by atoms with E-state index in [9.17, 15) is 4.79 Å². The Morgan fingerprint density at radius 3 is 2.42 bits per heavy atom. The van der Waals surface area contributed by atoms with E-state index in [0.717, 1.165) is 12.2 Å². The molecule has 0 atom stereocenters. The van der Waals surface area contributed by atoms with Gasteiger partial charge in [0.2, 0.25) is 0 Å². The number of carbonyl (C=O) groups excluding carboxylic acids is 1. The van der Waals surface area contributed by atoms with Gasteiger partial charge in [-0.15, -0.1) is 0 Å². The van der Waals surface area contributed by atoms with E-state index in [1.165, 1.54) is 12.7 Å². The lowest BCUT2D eigenvalue weighted by atomic mass is 10.2. The van der Waals surface area contributed by atoms with Gasteiger partial charge in [-0.1, -0.05) is 0 Å². The minimum atomic E-state index is -0.344. The number of nitrogens with zero attached hydrogens (tertiary/aromatic N) is 1. The zero-order valence-electron chi connectivity index (χ0n) is 10.7. The molecular formula is C15H15NO3. The van der Waals surface area contributed by atoms with Crippen LogP contribution in [0.4, 0.5) is 0 Å². The maximum Gasteiger partial charge on any atom is 0.337 e. The van der Waals surface area contributed by atoms with Crippen molar-refractivity contribution in [3.63, 3.8) is 0 Å². The third-order valence-electron chi connectivity index (χ3n) is 2.68. The summed E-state index contributed by atoms with van der Waals surface area (Å²) < 4.78 is 10.2. The first-order valence-electron chi connectivity index (χ1n) is 5.99. The molecular weight excluding hydrogens is 242 g/mol. The van der Waals surface area contributed by atoms with Crippen molar-refractivity contribution in [1.29, 1.82) is 0 Å². The third-order valence-corrected chi connectivity index (χ3v) is 2.68. The summed E-state index contributed by atoms with van der Waals surface area (Å²) in [4.78, 5) is 15.2. The SMILES string of the molecule is COC(=O)c1ccc(OCCc2ccncc2)cc1. The van der Waals surface area contributed by atoms with Crippen molar-refractivity contribution in [1.82, 2.24) is 4.98 Å². The van der Waals surface area contributed by atoms with Crippen molar-refractivity contribution < 1.29 is 14.3 Å². The van der Waals surface area contributed by atoms with Crippen molar-refractivity contribution in [2.75, 3.05) is 13.7 Å². The normalized spacial score (nSPS) is 9.95. The quantitative estimate of drug-likeness (QED) is 0.772. The molecule has 1 aromatic carbocycles. The Balaban J connectivity index is 1.85. The second-order valence-corrected chi connectivity index (χ2v) is 3.97. The van der Waals surface area contributed by atoms with Gasteiger partial charge in [0, 0.05) is 18.8 Å². The first kappa shape index (κ1) is 13.1. The van der Waals surface area contributed by atoms with E-state index < -0.39 is 0 Å². The molecule has 0 saturated heterocycles. The molecule has 2 rings (SSSR count). The molecule has 4 heteroatoms. The van der Waals surface area contributed by atoms with Gasteiger partial charge >= 0.3 is 5.97 Å². The average molecular weight is 257 g/mol. The van der Waals surface area contributed by atoms with Gasteiger partial charge in [0.15, 0.2) is 0 Å². The van der Waals surface area contributed by atoms with Crippen LogP contribution in [-0.2, 0) is 11.2 Å². The molecule has 0 spiro atoms. The second kappa shape index (κ2) is 6.54. The molecule has 0 N–H and O–H groups in total. The van der Waals surface area contributed by atoms with Crippen LogP contribution in [-0.4, -0.2) is 24.7 Å². The Morgan fingerprint density at radius 1 is 1.11 bits per heavy atom. The molecule has 98 valence electrons. The van der Waals surface area contributed by atoms with Crippen molar-refractivity contribution >= 4 is 5.97 Å². The summed E-state index contributed by atoms with van der Waals surface area (Å²) in [6.45, 7) is 0.585. The molecule has 1 heterocycles. The van der Waals surface area contributed by atoms with Gasteiger partial charge in [-0.2, -0.15) is 0 Å². The van der Waals surface area contributed by atoms with E-state index in [4.69, 9.17) is 4.74 Å². The number of methoxy groups -OCH3 is 1. The third kappa shape index (κ3) is 3.81. The number of hydrogen-bond donors (Lipinski definition) is 0. The molecule has 0 aliphatic rings. The van der Waals surface area contributed by atoms with E-state index in [0.29, 0.717) is 12.2 Å². The Kier molecular flexibility index (Phi) is 4.50. The summed E-state index contributed by atoms with van der Waals surface area (Å²) in [5.41, 5.74) is 1.70. The van der Waals surface area contributed by atoms with Gasteiger partial charge in [-0.25, -0.2) is 4.79 Å². The van der Waals surface area contributed by atoms with Crippen LogP contribution in [0.5, 0.6) is 5.75 Å². The van der Waals surface area contributed by atoms with Gasteiger partial charge in [0.1, 0.15) is 5.75 Å². The molecule has 0 bridgehead atoms. The lowest BCUT2D eigenvalue weighted by Gasteiger charge is -2.06. The maximum atomic E-state index is 11.3. The summed E-state index contributed by atoms with van der Waals surface area (Å²) in [6.07, 6.45) is 4.35. The first-order chi connectivity index (χ1) is 9.29. The highest BCUT2D eigenvalue weighted by Crippen LogP contribution is 2.13. The van der Waals surface area contributed by atoms with E-state index in [-0.39, 0.29) is 5.97 Å². The minimum Gasteiger partial charge on any atom is -0.493 e. The molecule has 0 amide bonds. The van der Waals surface area contributed by atoms with Crippen LogP contribution in [0.15, 0.2) is 48.8 Å². The Labute approximate surface area is 112 Å². The first-order valence-corrected chi connectivity index (χ1v) is 5.99. The van der Waals surface area contributed by atoms with Crippen LogP contribution in [0.1, 0.15) is 15.9 Å². The van der Waals surface area contributed by atoms with E-state index >= 15 is 0 Å². The van der Waals surface area contributed by atoms with Gasteiger partial charge in [-0.3, -0.25) is 4.98 Å². The van der Waals surface area contributed by atoms with Crippen molar-refractivity contribution in [2.24, 2.45) is 0 Å². The molecule has 4 nitrogen and oxygen atoms in total. The van der Waals surface area contributed by atoms with Gasteiger partial charge in [0.05, 0.1) is 19.3 Å². The van der Waals surface area contributed by atoms with Crippen LogP contribution in [0.25, 0.3) is 0 Å². The lowest BCUT2D eigenvalue weighted by molar-refractivity contribution is 0.0600. The Hall–Kier alpha value is -2.36. The van der Waals surface area contributed by atoms with Crippen LogP contribution in [0.3, 0.4) is 0 Å². The topological polar surface area (TPSA) is 48.4 Å². The fourth-order valence-corrected chi connectivity index (χ4v) is 1.64. The summed E-state index contributed by atoms with van der Waals surface area (Å²) in [6, 6.07) is 10.8. The van der Waals surface area contributed by atoms with Crippen LogP contribution in [0, 0.1) is 0 Å². The highest BCUT2D eigenvalue weighted by atomic mass is 16.5. The monoisotopic (exact) mass is 257 g/mol. The number of carbonyl (C=O) groups is 1. The predicted octanol–water partition coefficient (Wildman–Crippen LogP) is 2.49. The van der Waals surface area contributed by atoms with Crippen molar-refractivity contribution in [3.8, 4) is 5.75 Å². The molecule has 0 aliphatic heterocycles. The van der Waals surface area contributed by atoms with Gasteiger partial charge < -0.3 is 9.47 Å². The Morgan fingerprint density at radius 2 is 1.79 bits per heavy atom. The minimum absolute atomic E-state index is 0.344. The van der Waals surface area contributed by atoms with Crippen molar-refractivity contribution in [2.45, 2.75) is 6.42 Å². The standard InChI is InChI=1S/C15H15NO3/c1-18-15(17)13-2-4-14(5-3-13)19-11-8-12-6-9-16-10-7-12/h2-7,9-10H,8,11H2,1H3. The summed E-state index contributed by atoms with van der Waals surface area (Å²) in [5.74, 6) is 0.394. The second-order valence-electron chi connectivity index (χ2n) is 3.97. The number of rotatable bonds is 5. The highest BCUT2D eigenvalue weighted by Gasteiger charge is 2.04. The number of hydrogen-bond acceptors (Lipinski definition) is 4. The number of esters is 1. The highest BCUT2D eigenvalue weighted by molar-refractivity contribution is 5.89. The lowest BCUT2D eigenvalue weighted by Crippen LogP contribution is -2.03. The predicted molar refractivity (Wildman–Crippen MR) is 71.2 cm³/mol. The summed E-state index contributed by atoms with van der Waals surface area (Å²) in [5, 5.41) is 0. The zero-order valence-corrected chi connectivity index (χ0v) is 10.7. The summed E-state index contributed by atoms with van der Waals surface area (Å²) in [7, 11) is 1.36. The Bertz CT molecular complexity index is 523. The molecule has 19 heavy (non-hydrogen) atoms. The van der Waals surface area contributed by atoms with Gasteiger partial charge in [-0.05, 0) is 42.0 Å². The fourth-order valence-electron chi connectivity index (χ4n) is 1.64. The molecule has 1 aromatic heterocycles. The smallest absolute Gasteiger partial charge is 0.337 e. The average Bonchev–Trinajstić information content (AvgIpc) is 2.48. The number of ether oxygens (including phenoxy) is 2. The van der Waals surface area contributed by atoms with E-state index in [1.807, 2.05) is 12.1 Å². The fraction of sp³-hybridized carbons (Fsp3) is 0.200. The molecule has 0 fully saturated rings. The van der Waals surface area contributed by atoms with Crippen molar-refractivity contribution in [3.05, 3.63) is 59.9 Å². The van der Waals surface area contributed by atoms with Crippen LogP contribution in [0.2, 0.25) is 0 Å². The van der Waals surface area contributed by atoms with Gasteiger partial charge in [0.25, 0.3) is 0 Å². The summed E-state index contributed by atoms with van der Waals surface area (Å²) >= 11 is 0. The van der Waals surface area contributed by atoms with E-state index in [1.54, 1.807) is 36.7 Å². The molecule has 0 unspecified atom stereocenters. The molecule has 2 aromatic rings. The molecule has 0 radical (unpaired) electrons. The maximum absolute atomic E-state index is 11.3. The molecule has 0 aliphatic carbocycles. The molecule has 0 saturated carbocycles. The zero-order chi connectivity index (χ0) is 13.5. The largest absolute Gasteiger partial charge is 0.493 e. The number of aromatic nitrogens is 1. The number of benzene rings is 1. The number of pyridine rings is 1. The van der Waals surface area contributed by atoms with Crippen LogP contribution >= 0.6 is 0 Å². The van der Waals surface area contributed by atoms with Crippen LogP contribution < -0.4 is 4.74 Å².